The number of rotatable bonds is 6. The molecule has 4 nitrogen and oxygen atoms in total. The lowest BCUT2D eigenvalue weighted by Crippen LogP contribution is -2.26. The molecule has 1 aromatic heterocycles. The second-order valence-electron chi connectivity index (χ2n) is 3.62. The molecule has 0 radical (unpaired) electrons. The Labute approximate surface area is 121 Å². The highest BCUT2D eigenvalue weighted by atomic mass is 35.5. The van der Waals surface area contributed by atoms with Gasteiger partial charge < -0.3 is 10.6 Å². The third-order valence-corrected chi connectivity index (χ3v) is 3.06. The summed E-state index contributed by atoms with van der Waals surface area (Å²) in [6.45, 7) is 3.11. The zero-order chi connectivity index (χ0) is 13.5. The molecule has 0 unspecified atom stereocenters. The minimum absolute atomic E-state index is 0.0134. The number of anilines is 1. The normalized spacial score (nSPS) is 10.2. The van der Waals surface area contributed by atoms with Gasteiger partial charge in [0, 0.05) is 19.5 Å². The summed E-state index contributed by atoms with van der Waals surface area (Å²) in [5, 5.41) is 6.57. The van der Waals surface area contributed by atoms with Crippen LogP contribution in [0.2, 0.25) is 15.2 Å². The van der Waals surface area contributed by atoms with Gasteiger partial charge in [0.25, 0.3) is 0 Å². The van der Waals surface area contributed by atoms with Gasteiger partial charge in [-0.1, -0.05) is 41.7 Å². The van der Waals surface area contributed by atoms with Crippen molar-refractivity contribution in [1.29, 1.82) is 0 Å². The molecule has 0 aliphatic carbocycles. The molecule has 0 aliphatic heterocycles. The van der Waals surface area contributed by atoms with Crippen molar-refractivity contribution in [3.05, 3.63) is 21.3 Å². The fourth-order valence-electron chi connectivity index (χ4n) is 1.22. The Morgan fingerprint density at radius 1 is 1.28 bits per heavy atom. The van der Waals surface area contributed by atoms with Gasteiger partial charge in [-0.05, 0) is 12.5 Å². The minimum atomic E-state index is -0.0134. The van der Waals surface area contributed by atoms with E-state index in [4.69, 9.17) is 34.8 Å². The molecule has 1 aromatic rings. The molecule has 0 spiro atoms. The van der Waals surface area contributed by atoms with Gasteiger partial charge in [-0.2, -0.15) is 0 Å². The van der Waals surface area contributed by atoms with Crippen molar-refractivity contribution in [2.45, 2.75) is 19.8 Å². The SMILES string of the molecule is CCCNC(=O)CCNc1nc(Cl)c(Cl)cc1Cl. The second kappa shape index (κ2) is 7.67. The first-order valence-electron chi connectivity index (χ1n) is 5.56. The van der Waals surface area contributed by atoms with Crippen LogP contribution in [-0.4, -0.2) is 24.0 Å². The highest BCUT2D eigenvalue weighted by Gasteiger charge is 2.08. The van der Waals surface area contributed by atoms with E-state index in [1.54, 1.807) is 0 Å². The maximum absolute atomic E-state index is 11.3. The number of aromatic nitrogens is 1. The molecule has 0 aromatic carbocycles. The summed E-state index contributed by atoms with van der Waals surface area (Å²) < 4.78 is 0. The van der Waals surface area contributed by atoms with E-state index < -0.39 is 0 Å². The number of pyridine rings is 1. The van der Waals surface area contributed by atoms with Gasteiger partial charge in [-0.25, -0.2) is 4.98 Å². The van der Waals surface area contributed by atoms with E-state index >= 15 is 0 Å². The van der Waals surface area contributed by atoms with Crippen molar-refractivity contribution >= 4 is 46.5 Å². The maximum Gasteiger partial charge on any atom is 0.221 e. The van der Waals surface area contributed by atoms with Gasteiger partial charge >= 0.3 is 0 Å². The van der Waals surface area contributed by atoms with E-state index in [1.165, 1.54) is 6.07 Å². The van der Waals surface area contributed by atoms with E-state index in [0.29, 0.717) is 35.4 Å². The van der Waals surface area contributed by atoms with Crippen LogP contribution in [0.25, 0.3) is 0 Å². The van der Waals surface area contributed by atoms with Gasteiger partial charge in [-0.3, -0.25) is 4.79 Å². The Morgan fingerprint density at radius 2 is 2.00 bits per heavy atom. The summed E-state index contributed by atoms with van der Waals surface area (Å²) in [5.74, 6) is 0.412. The smallest absolute Gasteiger partial charge is 0.221 e. The minimum Gasteiger partial charge on any atom is -0.368 e. The number of carbonyl (C=O) groups is 1. The molecule has 0 atom stereocenters. The Hall–Kier alpha value is -0.710. The fraction of sp³-hybridized carbons (Fsp3) is 0.455. The highest BCUT2D eigenvalue weighted by Crippen LogP contribution is 2.28. The predicted molar refractivity (Wildman–Crippen MR) is 75.7 cm³/mol. The lowest BCUT2D eigenvalue weighted by molar-refractivity contribution is -0.120. The maximum atomic E-state index is 11.3. The van der Waals surface area contributed by atoms with Gasteiger partial charge in [-0.15, -0.1) is 0 Å². The van der Waals surface area contributed by atoms with Crippen LogP contribution in [-0.2, 0) is 4.79 Å². The van der Waals surface area contributed by atoms with Crippen molar-refractivity contribution in [1.82, 2.24) is 10.3 Å². The van der Waals surface area contributed by atoms with Crippen molar-refractivity contribution in [3.63, 3.8) is 0 Å². The van der Waals surface area contributed by atoms with Gasteiger partial charge in [0.05, 0.1) is 10.0 Å². The van der Waals surface area contributed by atoms with E-state index in [-0.39, 0.29) is 11.1 Å². The number of hydrogen-bond donors (Lipinski definition) is 2. The van der Waals surface area contributed by atoms with E-state index in [1.807, 2.05) is 6.92 Å². The lowest BCUT2D eigenvalue weighted by atomic mass is 10.3. The summed E-state index contributed by atoms with van der Waals surface area (Å²) >= 11 is 17.5. The molecule has 0 saturated heterocycles. The molecule has 2 N–H and O–H groups in total. The van der Waals surface area contributed by atoms with Crippen molar-refractivity contribution in [2.24, 2.45) is 0 Å². The molecule has 7 heteroatoms. The Bertz CT molecular complexity index is 426. The molecule has 0 fully saturated rings. The van der Waals surface area contributed by atoms with Crippen molar-refractivity contribution in [2.75, 3.05) is 18.4 Å². The largest absolute Gasteiger partial charge is 0.368 e. The molecule has 1 amide bonds. The molecule has 0 aliphatic rings. The Balaban J connectivity index is 2.44. The lowest BCUT2D eigenvalue weighted by Gasteiger charge is -2.08. The standard InChI is InChI=1S/C11H14Cl3N3O/c1-2-4-15-9(18)3-5-16-11-8(13)6-7(12)10(14)17-11/h6H,2-5H2,1H3,(H,15,18)(H,16,17). The number of nitrogens with one attached hydrogen (secondary N) is 2. The first-order valence-corrected chi connectivity index (χ1v) is 6.70. The first-order chi connectivity index (χ1) is 8.54. The molecular weight excluding hydrogens is 296 g/mol. The monoisotopic (exact) mass is 309 g/mol. The van der Waals surface area contributed by atoms with Crippen LogP contribution in [0.4, 0.5) is 5.82 Å². The third-order valence-electron chi connectivity index (χ3n) is 2.10. The molecule has 1 rings (SSSR count). The summed E-state index contributed by atoms with van der Waals surface area (Å²) in [4.78, 5) is 15.3. The van der Waals surface area contributed by atoms with E-state index in [9.17, 15) is 4.79 Å². The summed E-state index contributed by atoms with van der Waals surface area (Å²) in [7, 11) is 0. The molecule has 1 heterocycles. The van der Waals surface area contributed by atoms with Crippen LogP contribution in [0.15, 0.2) is 6.07 Å². The summed E-state index contributed by atoms with van der Waals surface area (Å²) in [6.07, 6.45) is 1.26. The number of carbonyl (C=O) groups excluding carboxylic acids is 1. The number of hydrogen-bond acceptors (Lipinski definition) is 3. The Morgan fingerprint density at radius 3 is 2.67 bits per heavy atom. The number of nitrogens with zero attached hydrogens (tertiary/aromatic N) is 1. The molecule has 18 heavy (non-hydrogen) atoms. The van der Waals surface area contributed by atoms with Crippen LogP contribution < -0.4 is 10.6 Å². The van der Waals surface area contributed by atoms with Gasteiger partial charge in [0.1, 0.15) is 11.0 Å². The van der Waals surface area contributed by atoms with Crippen molar-refractivity contribution in [3.8, 4) is 0 Å². The van der Waals surface area contributed by atoms with Crippen LogP contribution >= 0.6 is 34.8 Å². The molecule has 0 bridgehead atoms. The number of amides is 1. The zero-order valence-electron chi connectivity index (χ0n) is 9.90. The zero-order valence-corrected chi connectivity index (χ0v) is 12.2. The number of halogens is 3. The van der Waals surface area contributed by atoms with Crippen LogP contribution in [0.5, 0.6) is 0 Å². The van der Waals surface area contributed by atoms with Gasteiger partial charge in [0.2, 0.25) is 5.91 Å². The molecule has 100 valence electrons. The third kappa shape index (κ3) is 4.88. The van der Waals surface area contributed by atoms with E-state index in [2.05, 4.69) is 15.6 Å². The van der Waals surface area contributed by atoms with Crippen LogP contribution in [0.1, 0.15) is 19.8 Å². The topological polar surface area (TPSA) is 54.0 Å². The summed E-state index contributed by atoms with van der Waals surface area (Å²) in [5.41, 5.74) is 0. The summed E-state index contributed by atoms with van der Waals surface area (Å²) in [6, 6.07) is 1.51. The molecule has 0 saturated carbocycles. The average molecular weight is 311 g/mol. The van der Waals surface area contributed by atoms with Gasteiger partial charge in [0.15, 0.2) is 0 Å². The van der Waals surface area contributed by atoms with Crippen LogP contribution in [0, 0.1) is 0 Å². The van der Waals surface area contributed by atoms with Crippen LogP contribution in [0.3, 0.4) is 0 Å². The Kier molecular flexibility index (Phi) is 6.54. The first kappa shape index (κ1) is 15.3. The predicted octanol–water partition coefficient (Wildman–Crippen LogP) is 3.37. The quantitative estimate of drug-likeness (QED) is 0.792. The second-order valence-corrected chi connectivity index (χ2v) is 4.79. The fourth-order valence-corrected chi connectivity index (χ4v) is 1.78. The molecular formula is C11H14Cl3N3O. The average Bonchev–Trinajstić information content (AvgIpc) is 2.33. The van der Waals surface area contributed by atoms with Crippen molar-refractivity contribution < 1.29 is 4.79 Å². The highest BCUT2D eigenvalue weighted by molar-refractivity contribution is 6.42. The van der Waals surface area contributed by atoms with E-state index in [0.717, 1.165) is 6.42 Å².